The number of allylic oxidation sites excluding steroid dienone is 2. The van der Waals surface area contributed by atoms with E-state index in [0.29, 0.717) is 12.4 Å². The van der Waals surface area contributed by atoms with E-state index < -0.39 is 0 Å². The minimum atomic E-state index is 0.606. The third-order valence-electron chi connectivity index (χ3n) is 0.949. The van der Waals surface area contributed by atoms with Crippen molar-refractivity contribution in [3.05, 3.63) is 24.0 Å². The summed E-state index contributed by atoms with van der Waals surface area (Å²) in [4.78, 5) is 0. The lowest BCUT2D eigenvalue weighted by molar-refractivity contribution is 0.602. The number of hydrogen-bond acceptors (Lipinski definition) is 2. The quantitative estimate of drug-likeness (QED) is 0.492. The molecule has 0 aromatic rings. The molecule has 1 aliphatic rings. The van der Waals surface area contributed by atoms with Crippen molar-refractivity contribution < 1.29 is 0 Å². The van der Waals surface area contributed by atoms with Crippen molar-refractivity contribution in [2.24, 2.45) is 5.73 Å². The van der Waals surface area contributed by atoms with Gasteiger partial charge in [-0.3, -0.25) is 4.42 Å². The average molecular weight is 131 g/mol. The van der Waals surface area contributed by atoms with Crippen LogP contribution in [0.15, 0.2) is 24.0 Å². The molecule has 0 aromatic heterocycles. The molecule has 0 amide bonds. The summed E-state index contributed by atoms with van der Waals surface area (Å²) in [5.74, 6) is 0.606. The zero-order valence-electron chi connectivity index (χ0n) is 4.34. The molecule has 0 saturated heterocycles. The minimum Gasteiger partial charge on any atom is -0.384 e. The van der Waals surface area contributed by atoms with E-state index in [0.717, 1.165) is 0 Å². The fourth-order valence-corrected chi connectivity index (χ4v) is 0.642. The first-order chi connectivity index (χ1) is 3.80. The summed E-state index contributed by atoms with van der Waals surface area (Å²) in [6.07, 6.45) is 5.58. The molecule has 0 atom stereocenters. The Morgan fingerprint density at radius 3 is 2.88 bits per heavy atom. The van der Waals surface area contributed by atoms with Gasteiger partial charge in [-0.05, 0) is 6.08 Å². The Kier molecular flexibility index (Phi) is 1.44. The molecule has 0 saturated carbocycles. The Balaban J connectivity index is 2.66. The molecular formula is C5H7ClN2. The molecule has 1 rings (SSSR count). The van der Waals surface area contributed by atoms with E-state index in [-0.39, 0.29) is 0 Å². The maximum atomic E-state index is 5.56. The van der Waals surface area contributed by atoms with Crippen molar-refractivity contribution in [2.45, 2.75) is 0 Å². The molecule has 1 heterocycles. The summed E-state index contributed by atoms with van der Waals surface area (Å²) in [5, 5.41) is 0. The molecule has 3 heteroatoms. The summed E-state index contributed by atoms with van der Waals surface area (Å²) >= 11 is 5.56. The van der Waals surface area contributed by atoms with Crippen LogP contribution < -0.4 is 5.73 Å². The van der Waals surface area contributed by atoms with Gasteiger partial charge >= 0.3 is 0 Å². The van der Waals surface area contributed by atoms with Crippen LogP contribution in [-0.4, -0.2) is 11.0 Å². The third kappa shape index (κ3) is 0.954. The molecule has 44 valence electrons. The molecule has 2 nitrogen and oxygen atoms in total. The van der Waals surface area contributed by atoms with E-state index in [9.17, 15) is 0 Å². The Hall–Kier alpha value is -0.630. The Labute approximate surface area is 53.3 Å². The first kappa shape index (κ1) is 5.51. The van der Waals surface area contributed by atoms with Gasteiger partial charge in [-0.15, -0.1) is 0 Å². The van der Waals surface area contributed by atoms with E-state index in [1.54, 1.807) is 6.08 Å². The number of rotatable bonds is 0. The molecule has 0 unspecified atom stereocenters. The van der Waals surface area contributed by atoms with Crippen LogP contribution in [0.3, 0.4) is 0 Å². The highest BCUT2D eigenvalue weighted by molar-refractivity contribution is 6.14. The highest BCUT2D eigenvalue weighted by Crippen LogP contribution is 2.05. The Bertz CT molecular complexity index is 139. The van der Waals surface area contributed by atoms with Gasteiger partial charge in [0.2, 0.25) is 0 Å². The molecule has 0 spiro atoms. The standard InChI is InChI=1S/C5H7ClN2/c6-8-4-2-1-3-5(8)7/h1-3H,4,7H2. The highest BCUT2D eigenvalue weighted by Gasteiger charge is 2.00. The van der Waals surface area contributed by atoms with Crippen molar-refractivity contribution in [3.63, 3.8) is 0 Å². The zero-order chi connectivity index (χ0) is 5.98. The van der Waals surface area contributed by atoms with Gasteiger partial charge in [0.15, 0.2) is 0 Å². The van der Waals surface area contributed by atoms with Crippen LogP contribution in [0.4, 0.5) is 0 Å². The van der Waals surface area contributed by atoms with Gasteiger partial charge in [0.1, 0.15) is 5.82 Å². The summed E-state index contributed by atoms with van der Waals surface area (Å²) in [6, 6.07) is 0. The molecular weight excluding hydrogens is 124 g/mol. The summed E-state index contributed by atoms with van der Waals surface area (Å²) < 4.78 is 1.46. The second kappa shape index (κ2) is 2.09. The molecule has 0 bridgehead atoms. The van der Waals surface area contributed by atoms with Gasteiger partial charge in [0, 0.05) is 11.8 Å². The molecule has 2 N–H and O–H groups in total. The van der Waals surface area contributed by atoms with Gasteiger partial charge in [0.05, 0.1) is 6.54 Å². The van der Waals surface area contributed by atoms with Crippen LogP contribution in [0.5, 0.6) is 0 Å². The number of hydrogen-bond donors (Lipinski definition) is 1. The maximum absolute atomic E-state index is 5.56. The van der Waals surface area contributed by atoms with Crippen LogP contribution in [0.1, 0.15) is 0 Å². The van der Waals surface area contributed by atoms with Gasteiger partial charge in [0.25, 0.3) is 0 Å². The van der Waals surface area contributed by atoms with Crippen LogP contribution in [0.25, 0.3) is 0 Å². The molecule has 0 radical (unpaired) electrons. The molecule has 0 fully saturated rings. The van der Waals surface area contributed by atoms with Gasteiger partial charge in [-0.2, -0.15) is 0 Å². The SMILES string of the molecule is NC1=CC=CCN1Cl. The predicted molar refractivity (Wildman–Crippen MR) is 34.0 cm³/mol. The smallest absolute Gasteiger partial charge is 0.114 e. The molecule has 0 aliphatic carbocycles. The van der Waals surface area contributed by atoms with Gasteiger partial charge in [-0.1, -0.05) is 12.2 Å². The molecule has 1 aliphatic heterocycles. The van der Waals surface area contributed by atoms with Crippen LogP contribution in [-0.2, 0) is 0 Å². The summed E-state index contributed by atoms with van der Waals surface area (Å²) in [7, 11) is 0. The summed E-state index contributed by atoms with van der Waals surface area (Å²) in [5.41, 5.74) is 5.38. The minimum absolute atomic E-state index is 0.606. The normalized spacial score (nSPS) is 18.6. The van der Waals surface area contributed by atoms with Crippen LogP contribution in [0, 0.1) is 0 Å². The van der Waals surface area contributed by atoms with E-state index in [2.05, 4.69) is 0 Å². The number of nitrogens with two attached hydrogens (primary N) is 1. The van der Waals surface area contributed by atoms with E-state index in [1.807, 2.05) is 12.2 Å². The first-order valence-electron chi connectivity index (χ1n) is 2.36. The topological polar surface area (TPSA) is 29.3 Å². The second-order valence-corrected chi connectivity index (χ2v) is 1.97. The van der Waals surface area contributed by atoms with Gasteiger partial charge < -0.3 is 5.73 Å². The number of nitrogens with zero attached hydrogens (tertiary/aromatic N) is 1. The average Bonchev–Trinajstić information content (AvgIpc) is 1.77. The monoisotopic (exact) mass is 130 g/mol. The number of halogens is 1. The lowest BCUT2D eigenvalue weighted by Gasteiger charge is -2.14. The molecule has 0 aromatic carbocycles. The van der Waals surface area contributed by atoms with Gasteiger partial charge in [-0.25, -0.2) is 0 Å². The largest absolute Gasteiger partial charge is 0.384 e. The van der Waals surface area contributed by atoms with Crippen molar-refractivity contribution in [1.29, 1.82) is 0 Å². The van der Waals surface area contributed by atoms with Crippen molar-refractivity contribution in [1.82, 2.24) is 4.42 Å². The molecule has 8 heavy (non-hydrogen) atoms. The second-order valence-electron chi connectivity index (χ2n) is 1.56. The van der Waals surface area contributed by atoms with Crippen molar-refractivity contribution >= 4 is 11.8 Å². The fourth-order valence-electron chi connectivity index (χ4n) is 0.506. The van der Waals surface area contributed by atoms with Crippen LogP contribution >= 0.6 is 11.8 Å². The van der Waals surface area contributed by atoms with E-state index in [4.69, 9.17) is 17.5 Å². The third-order valence-corrected chi connectivity index (χ3v) is 1.28. The highest BCUT2D eigenvalue weighted by atomic mass is 35.5. The van der Waals surface area contributed by atoms with Crippen molar-refractivity contribution in [2.75, 3.05) is 6.54 Å². The Morgan fingerprint density at radius 1 is 1.75 bits per heavy atom. The van der Waals surface area contributed by atoms with E-state index in [1.165, 1.54) is 4.42 Å². The van der Waals surface area contributed by atoms with Crippen molar-refractivity contribution in [3.8, 4) is 0 Å². The van der Waals surface area contributed by atoms with E-state index >= 15 is 0 Å². The lowest BCUT2D eigenvalue weighted by atomic mass is 10.4. The maximum Gasteiger partial charge on any atom is 0.114 e. The van der Waals surface area contributed by atoms with Crippen LogP contribution in [0.2, 0.25) is 0 Å². The lowest BCUT2D eigenvalue weighted by Crippen LogP contribution is -2.19. The fraction of sp³-hybridized carbons (Fsp3) is 0.200. The summed E-state index contributed by atoms with van der Waals surface area (Å²) in [6.45, 7) is 0.698. The first-order valence-corrected chi connectivity index (χ1v) is 2.70. The predicted octanol–water partition coefficient (Wildman–Crippen LogP) is 0.812. The Morgan fingerprint density at radius 2 is 2.50 bits per heavy atom. The zero-order valence-corrected chi connectivity index (χ0v) is 5.10.